The zero-order chi connectivity index (χ0) is 44.8. The third-order valence-electron chi connectivity index (χ3n) is 10.3. The van der Waals surface area contributed by atoms with E-state index in [1.807, 2.05) is 32.9 Å². The number of aliphatic imine (C=N–C) groups is 1. The van der Waals surface area contributed by atoms with E-state index in [1.54, 1.807) is 47.1 Å². The molecule has 6 N–H and O–H groups in total. The van der Waals surface area contributed by atoms with E-state index in [-0.39, 0.29) is 68.0 Å². The van der Waals surface area contributed by atoms with Crippen molar-refractivity contribution >= 4 is 81.0 Å². The van der Waals surface area contributed by atoms with Gasteiger partial charge in [0.15, 0.2) is 0 Å². The number of imide groups is 1. The van der Waals surface area contributed by atoms with Gasteiger partial charge in [0.1, 0.15) is 22.7 Å². The van der Waals surface area contributed by atoms with Gasteiger partial charge in [-0.2, -0.15) is 0 Å². The van der Waals surface area contributed by atoms with Crippen molar-refractivity contribution in [2.45, 2.75) is 65.6 Å². The number of hydrogen-bond acceptors (Lipinski definition) is 13. The largest absolute Gasteiger partial charge is 0.378 e. The second kappa shape index (κ2) is 23.2. The number of hydrogen-bond donors (Lipinski definition) is 6. The average Bonchev–Trinajstić information content (AvgIpc) is 3.69. The van der Waals surface area contributed by atoms with Gasteiger partial charge in [0.25, 0.3) is 5.91 Å². The Morgan fingerprint density at radius 2 is 1.66 bits per heavy atom. The van der Waals surface area contributed by atoms with Crippen LogP contribution in [0.1, 0.15) is 70.6 Å². The molecular weight excluding hydrogens is 838 g/mol. The molecule has 1 aromatic heterocycles. The molecule has 0 saturated heterocycles. The summed E-state index contributed by atoms with van der Waals surface area (Å²) in [4.78, 5) is 70.2. The van der Waals surface area contributed by atoms with Crippen molar-refractivity contribution in [2.24, 2.45) is 4.99 Å². The third-order valence-corrected chi connectivity index (χ3v) is 11.8. The summed E-state index contributed by atoms with van der Waals surface area (Å²) in [6.07, 6.45) is 0.765. The van der Waals surface area contributed by atoms with Gasteiger partial charge in [-0.15, -0.1) is 11.3 Å². The lowest BCUT2D eigenvalue weighted by atomic mass is 9.99. The first-order valence-corrected chi connectivity index (χ1v) is 21.5. The molecule has 3 aromatic rings. The molecule has 62 heavy (non-hydrogen) atoms. The first-order valence-electron chi connectivity index (χ1n) is 20.3. The Morgan fingerprint density at radius 1 is 0.984 bits per heavy atom. The zero-order valence-electron chi connectivity index (χ0n) is 35.4. The van der Waals surface area contributed by atoms with Crippen LogP contribution < -0.4 is 26.2 Å². The van der Waals surface area contributed by atoms with Crippen LogP contribution in [-0.2, 0) is 39.9 Å². The lowest BCUT2D eigenvalue weighted by Gasteiger charge is -2.24. The number of benzene rings is 2. The topological polar surface area (TPSA) is 228 Å². The van der Waals surface area contributed by atoms with E-state index in [4.69, 9.17) is 41.6 Å². The van der Waals surface area contributed by atoms with Gasteiger partial charge in [-0.05, 0) is 63.9 Å². The normalized spacial score (nSPS) is 15.0. The van der Waals surface area contributed by atoms with Crippen molar-refractivity contribution in [3.63, 3.8) is 0 Å². The third kappa shape index (κ3) is 12.6. The molecule has 3 heterocycles. The number of nitrogens with zero attached hydrogens (tertiary/aromatic N) is 3. The van der Waals surface area contributed by atoms with E-state index >= 15 is 0 Å². The zero-order valence-corrected chi connectivity index (χ0v) is 36.9. The first kappa shape index (κ1) is 47.7. The predicted molar refractivity (Wildman–Crippen MR) is 239 cm³/mol. The predicted octanol–water partition coefficient (Wildman–Crippen LogP) is 4.20. The van der Waals surface area contributed by atoms with Crippen LogP contribution in [0, 0.1) is 24.7 Å². The molecule has 2 atom stereocenters. The van der Waals surface area contributed by atoms with Crippen LogP contribution in [0.5, 0.6) is 0 Å². The summed E-state index contributed by atoms with van der Waals surface area (Å²) < 4.78 is 16.8. The Morgan fingerprint density at radius 3 is 2.34 bits per heavy atom. The van der Waals surface area contributed by atoms with Gasteiger partial charge in [-0.1, -0.05) is 29.8 Å². The van der Waals surface area contributed by atoms with Crippen LogP contribution in [0.2, 0.25) is 5.02 Å². The SMILES string of the molecule is CC(=N)N1C(=N)[C@H](CC(=O)NCCOCCOCCOCCNCC(=O)Nc2cccc3c2CN(C(C)CCC(=O)NC=O)C3=O)N=C(c2ccc(Cl)cc2)c2c1sc(C)c2C. The molecule has 0 aliphatic carbocycles. The maximum Gasteiger partial charge on any atom is 0.254 e. The highest BCUT2D eigenvalue weighted by molar-refractivity contribution is 7.17. The Hall–Kier alpha value is -5.37. The molecule has 5 amide bonds. The van der Waals surface area contributed by atoms with Crippen molar-refractivity contribution in [3.05, 3.63) is 80.2 Å². The second-order valence-corrected chi connectivity index (χ2v) is 16.4. The molecule has 2 aliphatic rings. The summed E-state index contributed by atoms with van der Waals surface area (Å²) >= 11 is 7.68. The minimum absolute atomic E-state index is 0.0451. The van der Waals surface area contributed by atoms with Crippen molar-refractivity contribution in [3.8, 4) is 0 Å². The summed E-state index contributed by atoms with van der Waals surface area (Å²) in [6, 6.07) is 11.4. The van der Waals surface area contributed by atoms with Gasteiger partial charge in [0.2, 0.25) is 24.1 Å². The number of rotatable bonds is 23. The fourth-order valence-electron chi connectivity index (χ4n) is 6.94. The van der Waals surface area contributed by atoms with E-state index in [0.717, 1.165) is 32.1 Å². The second-order valence-electron chi connectivity index (χ2n) is 14.7. The lowest BCUT2D eigenvalue weighted by Crippen LogP contribution is -2.42. The molecule has 2 aliphatic heterocycles. The van der Waals surface area contributed by atoms with Crippen molar-refractivity contribution in [1.29, 1.82) is 10.8 Å². The van der Waals surface area contributed by atoms with Crippen LogP contribution in [-0.4, -0.2) is 124 Å². The molecule has 0 radical (unpaired) electrons. The Labute approximate surface area is 369 Å². The number of nitrogens with one attached hydrogen (secondary N) is 6. The molecule has 332 valence electrons. The van der Waals surface area contributed by atoms with Crippen molar-refractivity contribution in [1.82, 2.24) is 20.9 Å². The van der Waals surface area contributed by atoms with E-state index < -0.39 is 11.9 Å². The van der Waals surface area contributed by atoms with Gasteiger partial charge in [-0.3, -0.25) is 50.0 Å². The van der Waals surface area contributed by atoms with Gasteiger partial charge in [-0.25, -0.2) is 0 Å². The molecule has 19 heteroatoms. The summed E-state index contributed by atoms with van der Waals surface area (Å²) in [5.74, 6) is -0.908. The average molecular weight is 892 g/mol. The van der Waals surface area contributed by atoms with E-state index in [0.29, 0.717) is 80.9 Å². The fraction of sp³-hybridized carbons (Fsp3) is 0.442. The first-order chi connectivity index (χ1) is 29.8. The minimum atomic E-state index is -0.823. The van der Waals surface area contributed by atoms with Crippen LogP contribution in [0.15, 0.2) is 47.5 Å². The Kier molecular flexibility index (Phi) is 17.8. The number of thiophene rings is 1. The molecular formula is C43H54ClN9O8S. The number of carbonyl (C=O) groups excluding carboxylic acids is 5. The van der Waals surface area contributed by atoms with Crippen molar-refractivity contribution < 1.29 is 38.2 Å². The van der Waals surface area contributed by atoms with Crippen LogP contribution in [0.3, 0.4) is 0 Å². The Bertz CT molecular complexity index is 2160. The molecule has 0 spiro atoms. The van der Waals surface area contributed by atoms with E-state index in [2.05, 4.69) is 21.3 Å². The minimum Gasteiger partial charge on any atom is -0.378 e. The molecule has 17 nitrogen and oxygen atoms in total. The van der Waals surface area contributed by atoms with E-state index in [9.17, 15) is 24.0 Å². The van der Waals surface area contributed by atoms with Gasteiger partial charge < -0.3 is 35.1 Å². The van der Waals surface area contributed by atoms with Gasteiger partial charge in [0.05, 0.1) is 58.3 Å². The van der Waals surface area contributed by atoms with Gasteiger partial charge in [0, 0.05) is 69.9 Å². The highest BCUT2D eigenvalue weighted by Gasteiger charge is 2.35. The summed E-state index contributed by atoms with van der Waals surface area (Å²) in [5, 5.41) is 29.8. The summed E-state index contributed by atoms with van der Waals surface area (Å²) in [6.45, 7) is 10.5. The number of amides is 5. The van der Waals surface area contributed by atoms with Gasteiger partial charge >= 0.3 is 0 Å². The van der Waals surface area contributed by atoms with E-state index in [1.165, 1.54) is 11.3 Å². The molecule has 2 aromatic carbocycles. The molecule has 0 saturated carbocycles. The van der Waals surface area contributed by atoms with Crippen LogP contribution in [0.25, 0.3) is 0 Å². The lowest BCUT2D eigenvalue weighted by molar-refractivity contribution is -0.125. The fourth-order valence-corrected chi connectivity index (χ4v) is 8.29. The number of halogens is 1. The summed E-state index contributed by atoms with van der Waals surface area (Å²) in [5.41, 5.74) is 5.11. The Balaban J connectivity index is 0.930. The highest BCUT2D eigenvalue weighted by atomic mass is 35.5. The number of fused-ring (bicyclic) bond motifs is 2. The van der Waals surface area contributed by atoms with Crippen LogP contribution in [0.4, 0.5) is 10.7 Å². The number of anilines is 2. The highest BCUT2D eigenvalue weighted by Crippen LogP contribution is 2.40. The monoisotopic (exact) mass is 891 g/mol. The number of amidine groups is 2. The summed E-state index contributed by atoms with van der Waals surface area (Å²) in [7, 11) is 0. The quantitative estimate of drug-likeness (QED) is 0.0344. The maximum atomic E-state index is 13.1. The van der Waals surface area contributed by atoms with Crippen LogP contribution >= 0.6 is 22.9 Å². The number of carbonyl (C=O) groups is 5. The molecule has 0 fully saturated rings. The molecule has 5 rings (SSSR count). The molecule has 0 bridgehead atoms. The smallest absolute Gasteiger partial charge is 0.254 e. The number of aryl methyl sites for hydroxylation is 1. The molecule has 1 unspecified atom stereocenters. The van der Waals surface area contributed by atoms with Crippen molar-refractivity contribution in [2.75, 3.05) is 69.5 Å². The number of ether oxygens (including phenoxy) is 3. The standard InChI is InChI=1S/C43H54ClN9O8S/c1-26(8-13-36(55)49-25-54)52-24-33-32(42(52)58)6-5-7-34(33)50-38(57)23-47-14-16-59-18-20-61-21-19-60-17-15-48-37(56)22-35-41(46)53(29(4)45)43-39(27(2)28(3)62-43)40(51-35)30-9-11-31(44)12-10-30/h5-7,9-12,25-26,35,45-47H,8,13-24H2,1-4H3,(H,48,56)(H,50,57)(H,49,54,55)/t26?,35-/m0/s1. The maximum absolute atomic E-state index is 13.1.